The van der Waals surface area contributed by atoms with Crippen molar-refractivity contribution >= 4 is 5.91 Å². The lowest BCUT2D eigenvalue weighted by molar-refractivity contribution is 0.0746. The lowest BCUT2D eigenvalue weighted by Crippen LogP contribution is -2.28. The zero-order valence-corrected chi connectivity index (χ0v) is 10.1. The average Bonchev–Trinajstić information content (AvgIpc) is 2.24. The number of rotatable bonds is 5. The summed E-state index contributed by atoms with van der Waals surface area (Å²) in [6, 6.07) is 7.55. The molecule has 0 atom stereocenters. The molecule has 0 bridgehead atoms. The fourth-order valence-corrected chi connectivity index (χ4v) is 1.38. The Hall–Kier alpha value is -1.35. The van der Waals surface area contributed by atoms with Gasteiger partial charge in [-0.2, -0.15) is 0 Å². The number of carbonyl (C=O) groups is 1. The van der Waals surface area contributed by atoms with Gasteiger partial charge in [0.15, 0.2) is 0 Å². The number of ether oxygens (including phenoxy) is 1. The van der Waals surface area contributed by atoms with Gasteiger partial charge < -0.3 is 10.1 Å². The minimum absolute atomic E-state index is 0.0366. The highest BCUT2D eigenvalue weighted by molar-refractivity contribution is 5.95. The maximum atomic E-state index is 11.7. The third kappa shape index (κ3) is 4.03. The molecule has 0 heterocycles. The summed E-state index contributed by atoms with van der Waals surface area (Å²) in [5.41, 5.74) is 1.72. The second-order valence-corrected chi connectivity index (χ2v) is 3.99. The highest BCUT2D eigenvalue weighted by atomic mass is 16.5. The Balaban J connectivity index is 2.39. The van der Waals surface area contributed by atoms with Crippen LogP contribution in [0.4, 0.5) is 0 Å². The van der Waals surface area contributed by atoms with Gasteiger partial charge in [-0.25, -0.2) is 0 Å². The Labute approximate surface area is 96.8 Å². The van der Waals surface area contributed by atoms with Gasteiger partial charge in [0.25, 0.3) is 5.91 Å². The van der Waals surface area contributed by atoms with E-state index >= 15 is 0 Å². The molecule has 0 radical (unpaired) electrons. The smallest absolute Gasteiger partial charge is 0.251 e. The van der Waals surface area contributed by atoms with Gasteiger partial charge in [-0.1, -0.05) is 18.2 Å². The van der Waals surface area contributed by atoms with Crippen LogP contribution in [-0.2, 0) is 4.74 Å². The lowest BCUT2D eigenvalue weighted by Gasteiger charge is -2.09. The lowest BCUT2D eigenvalue weighted by atomic mass is 10.1. The summed E-state index contributed by atoms with van der Waals surface area (Å²) in [7, 11) is 0. The molecule has 3 heteroatoms. The Morgan fingerprint density at radius 2 is 2.06 bits per heavy atom. The van der Waals surface area contributed by atoms with Crippen molar-refractivity contribution in [2.75, 3.05) is 13.2 Å². The van der Waals surface area contributed by atoms with Crippen LogP contribution < -0.4 is 5.32 Å². The van der Waals surface area contributed by atoms with Gasteiger partial charge in [-0.3, -0.25) is 4.79 Å². The zero-order chi connectivity index (χ0) is 12.0. The van der Waals surface area contributed by atoms with Crippen molar-refractivity contribution in [2.24, 2.45) is 0 Å². The van der Waals surface area contributed by atoms with E-state index in [0.717, 1.165) is 11.1 Å². The fraction of sp³-hybridized carbons (Fsp3) is 0.462. The minimum Gasteiger partial charge on any atom is -0.377 e. The van der Waals surface area contributed by atoms with E-state index in [1.54, 1.807) is 0 Å². The van der Waals surface area contributed by atoms with Crippen molar-refractivity contribution in [3.8, 4) is 0 Å². The van der Waals surface area contributed by atoms with Crippen LogP contribution in [0.25, 0.3) is 0 Å². The molecule has 0 aromatic heterocycles. The van der Waals surface area contributed by atoms with Gasteiger partial charge in [0.2, 0.25) is 0 Å². The van der Waals surface area contributed by atoms with E-state index < -0.39 is 0 Å². The third-order valence-electron chi connectivity index (χ3n) is 2.23. The number of benzene rings is 1. The molecule has 0 saturated heterocycles. The molecule has 1 N–H and O–H groups in total. The average molecular weight is 221 g/mol. The second-order valence-electron chi connectivity index (χ2n) is 3.99. The van der Waals surface area contributed by atoms with Gasteiger partial charge in [-0.15, -0.1) is 0 Å². The monoisotopic (exact) mass is 221 g/mol. The topological polar surface area (TPSA) is 38.3 Å². The number of hydrogen-bond donors (Lipinski definition) is 1. The molecule has 0 fully saturated rings. The molecular weight excluding hydrogens is 202 g/mol. The molecule has 0 aliphatic carbocycles. The summed E-state index contributed by atoms with van der Waals surface area (Å²) in [5.74, 6) is -0.0366. The van der Waals surface area contributed by atoms with Gasteiger partial charge in [0.1, 0.15) is 0 Å². The quantitative estimate of drug-likeness (QED) is 0.774. The van der Waals surface area contributed by atoms with Gasteiger partial charge in [0, 0.05) is 12.1 Å². The zero-order valence-electron chi connectivity index (χ0n) is 10.1. The molecular formula is C13H19NO2. The SMILES string of the molecule is Cc1ccccc1C(=O)NCCOC(C)C. The summed E-state index contributed by atoms with van der Waals surface area (Å²) < 4.78 is 5.34. The molecule has 88 valence electrons. The van der Waals surface area contributed by atoms with E-state index in [4.69, 9.17) is 4.74 Å². The third-order valence-corrected chi connectivity index (χ3v) is 2.23. The Kier molecular flexibility index (Phi) is 4.99. The van der Waals surface area contributed by atoms with E-state index in [9.17, 15) is 4.79 Å². The standard InChI is InChI=1S/C13H19NO2/c1-10(2)16-9-8-14-13(15)12-7-5-4-6-11(12)3/h4-7,10H,8-9H2,1-3H3,(H,14,15). The van der Waals surface area contributed by atoms with Crippen molar-refractivity contribution < 1.29 is 9.53 Å². The molecule has 0 unspecified atom stereocenters. The van der Waals surface area contributed by atoms with Gasteiger partial charge >= 0.3 is 0 Å². The van der Waals surface area contributed by atoms with Gasteiger partial charge in [-0.05, 0) is 32.4 Å². The van der Waals surface area contributed by atoms with Crippen molar-refractivity contribution in [1.82, 2.24) is 5.32 Å². The van der Waals surface area contributed by atoms with Crippen LogP contribution in [-0.4, -0.2) is 25.2 Å². The first-order valence-electron chi connectivity index (χ1n) is 5.56. The molecule has 3 nitrogen and oxygen atoms in total. The van der Waals surface area contributed by atoms with Crippen molar-refractivity contribution in [3.05, 3.63) is 35.4 Å². The van der Waals surface area contributed by atoms with Crippen LogP contribution >= 0.6 is 0 Å². The first kappa shape index (κ1) is 12.7. The highest BCUT2D eigenvalue weighted by Gasteiger charge is 2.06. The predicted molar refractivity (Wildman–Crippen MR) is 64.6 cm³/mol. The minimum atomic E-state index is -0.0366. The molecule has 1 aromatic carbocycles. The maximum Gasteiger partial charge on any atom is 0.251 e. The first-order valence-corrected chi connectivity index (χ1v) is 5.56. The highest BCUT2D eigenvalue weighted by Crippen LogP contribution is 2.06. The summed E-state index contributed by atoms with van der Waals surface area (Å²) in [4.78, 5) is 11.7. The number of amides is 1. The molecule has 0 aliphatic heterocycles. The van der Waals surface area contributed by atoms with E-state index in [-0.39, 0.29) is 12.0 Å². The number of aryl methyl sites for hydroxylation is 1. The number of hydrogen-bond acceptors (Lipinski definition) is 2. The summed E-state index contributed by atoms with van der Waals surface area (Å²) in [5, 5.41) is 2.83. The van der Waals surface area contributed by atoms with Crippen molar-refractivity contribution in [1.29, 1.82) is 0 Å². The summed E-state index contributed by atoms with van der Waals surface area (Å²) in [6.45, 7) is 6.98. The van der Waals surface area contributed by atoms with Crippen LogP contribution in [0.1, 0.15) is 29.8 Å². The van der Waals surface area contributed by atoms with E-state index in [1.165, 1.54) is 0 Å². The van der Waals surface area contributed by atoms with Crippen LogP contribution in [0, 0.1) is 6.92 Å². The van der Waals surface area contributed by atoms with Crippen LogP contribution in [0.5, 0.6) is 0 Å². The Morgan fingerprint density at radius 3 is 2.69 bits per heavy atom. The van der Waals surface area contributed by atoms with Crippen LogP contribution in [0.3, 0.4) is 0 Å². The Morgan fingerprint density at radius 1 is 1.38 bits per heavy atom. The van der Waals surface area contributed by atoms with E-state index in [2.05, 4.69) is 5.32 Å². The predicted octanol–water partition coefficient (Wildman–Crippen LogP) is 2.15. The van der Waals surface area contributed by atoms with Crippen LogP contribution in [0.2, 0.25) is 0 Å². The van der Waals surface area contributed by atoms with Gasteiger partial charge in [0.05, 0.1) is 12.7 Å². The fourth-order valence-electron chi connectivity index (χ4n) is 1.38. The number of nitrogens with one attached hydrogen (secondary N) is 1. The Bertz CT molecular complexity index is 348. The maximum absolute atomic E-state index is 11.7. The normalized spacial score (nSPS) is 10.5. The molecule has 1 aromatic rings. The largest absolute Gasteiger partial charge is 0.377 e. The molecule has 0 saturated carbocycles. The van der Waals surface area contributed by atoms with E-state index in [0.29, 0.717) is 13.2 Å². The molecule has 0 spiro atoms. The van der Waals surface area contributed by atoms with E-state index in [1.807, 2.05) is 45.0 Å². The second kappa shape index (κ2) is 6.28. The van der Waals surface area contributed by atoms with Crippen molar-refractivity contribution in [2.45, 2.75) is 26.9 Å². The molecule has 0 aliphatic rings. The summed E-state index contributed by atoms with van der Waals surface area (Å²) >= 11 is 0. The number of carbonyl (C=O) groups excluding carboxylic acids is 1. The molecule has 16 heavy (non-hydrogen) atoms. The van der Waals surface area contributed by atoms with Crippen molar-refractivity contribution in [3.63, 3.8) is 0 Å². The van der Waals surface area contributed by atoms with Crippen LogP contribution in [0.15, 0.2) is 24.3 Å². The molecule has 1 amide bonds. The molecule has 1 rings (SSSR count). The first-order chi connectivity index (χ1) is 7.61. The summed E-state index contributed by atoms with van der Waals surface area (Å²) in [6.07, 6.45) is 0.204.